The fourth-order valence-corrected chi connectivity index (χ4v) is 3.39. The zero-order valence-corrected chi connectivity index (χ0v) is 22.6. The number of aliphatic hydroxyl groups excluding tert-OH is 1. The maximum absolute atomic E-state index is 13.9. The first kappa shape index (κ1) is 29.3. The predicted octanol–water partition coefficient (Wildman–Crippen LogP) is 2.54. The molecule has 0 saturated carbocycles. The average Bonchev–Trinajstić information content (AvgIpc) is 3.33. The number of aromatic nitrogens is 2. The summed E-state index contributed by atoms with van der Waals surface area (Å²) in [5, 5.41) is 15.6. The van der Waals surface area contributed by atoms with Crippen LogP contribution in [0.1, 0.15) is 70.4 Å². The molecular formula is C26H42N6O4. The predicted molar refractivity (Wildman–Crippen MR) is 139 cm³/mol. The van der Waals surface area contributed by atoms with Crippen molar-refractivity contribution in [1.29, 1.82) is 0 Å². The Morgan fingerprint density at radius 3 is 2.44 bits per heavy atom. The highest BCUT2D eigenvalue weighted by molar-refractivity contribution is 6.01. The van der Waals surface area contributed by atoms with Crippen LogP contribution in [0, 0.1) is 11.3 Å². The minimum absolute atomic E-state index is 0.0556. The minimum Gasteiger partial charge on any atom is -0.467 e. The summed E-state index contributed by atoms with van der Waals surface area (Å²) in [5.41, 5.74) is 5.43. The van der Waals surface area contributed by atoms with Crippen LogP contribution >= 0.6 is 0 Å². The van der Waals surface area contributed by atoms with Gasteiger partial charge in [0.2, 0.25) is 5.91 Å². The quantitative estimate of drug-likeness (QED) is 0.346. The van der Waals surface area contributed by atoms with Gasteiger partial charge in [0.1, 0.15) is 29.0 Å². The van der Waals surface area contributed by atoms with E-state index in [1.165, 1.54) is 11.1 Å². The first-order valence-corrected chi connectivity index (χ1v) is 12.3. The third-order valence-corrected chi connectivity index (χ3v) is 5.59. The summed E-state index contributed by atoms with van der Waals surface area (Å²) in [5.74, 6) is 0.954. The molecule has 200 valence electrons. The van der Waals surface area contributed by atoms with Crippen molar-refractivity contribution in [2.24, 2.45) is 17.1 Å². The number of carbonyl (C=O) groups is 2. The smallest absolute Gasteiger partial charge is 0.259 e. The van der Waals surface area contributed by atoms with Crippen molar-refractivity contribution in [2.75, 3.05) is 31.6 Å². The molecule has 36 heavy (non-hydrogen) atoms. The van der Waals surface area contributed by atoms with Gasteiger partial charge in [-0.15, -0.1) is 0 Å². The Labute approximate surface area is 214 Å². The molecule has 10 nitrogen and oxygen atoms in total. The number of furan rings is 1. The molecule has 0 aliphatic heterocycles. The molecule has 2 heterocycles. The molecule has 2 rings (SSSR count). The van der Waals surface area contributed by atoms with Crippen LogP contribution in [-0.4, -0.2) is 64.1 Å². The number of carbonyl (C=O) groups excluding carboxylic acids is 2. The van der Waals surface area contributed by atoms with E-state index in [1.807, 2.05) is 54.5 Å². The molecule has 5 N–H and O–H groups in total. The van der Waals surface area contributed by atoms with E-state index in [0.29, 0.717) is 30.5 Å². The number of amides is 2. The van der Waals surface area contributed by atoms with E-state index >= 15 is 0 Å². The summed E-state index contributed by atoms with van der Waals surface area (Å²) in [4.78, 5) is 37.6. The van der Waals surface area contributed by atoms with Gasteiger partial charge in [-0.3, -0.25) is 9.59 Å². The van der Waals surface area contributed by atoms with Crippen LogP contribution in [0.25, 0.3) is 0 Å². The fraction of sp³-hybridized carbons (Fsp3) is 0.615. The second-order valence-electron chi connectivity index (χ2n) is 11.3. The second-order valence-corrected chi connectivity index (χ2v) is 11.3. The molecule has 2 amide bonds. The summed E-state index contributed by atoms with van der Waals surface area (Å²) in [7, 11) is 0. The molecule has 0 aliphatic carbocycles. The highest BCUT2D eigenvalue weighted by Gasteiger charge is 2.33. The van der Waals surface area contributed by atoms with Gasteiger partial charge in [0.25, 0.3) is 5.91 Å². The van der Waals surface area contributed by atoms with Crippen LogP contribution in [0.5, 0.6) is 0 Å². The van der Waals surface area contributed by atoms with E-state index in [9.17, 15) is 14.7 Å². The van der Waals surface area contributed by atoms with Gasteiger partial charge in [0.05, 0.1) is 12.8 Å². The Morgan fingerprint density at radius 1 is 1.22 bits per heavy atom. The normalized spacial score (nSPS) is 12.9. The first-order valence-electron chi connectivity index (χ1n) is 12.3. The number of nitrogens with zero attached hydrogens (tertiary/aromatic N) is 3. The van der Waals surface area contributed by atoms with Crippen LogP contribution in [0.2, 0.25) is 0 Å². The van der Waals surface area contributed by atoms with E-state index in [-0.39, 0.29) is 42.5 Å². The van der Waals surface area contributed by atoms with E-state index in [4.69, 9.17) is 10.2 Å². The highest BCUT2D eigenvalue weighted by atomic mass is 16.3. The lowest BCUT2D eigenvalue weighted by molar-refractivity contribution is -0.126. The number of hydrogen-bond acceptors (Lipinski definition) is 8. The van der Waals surface area contributed by atoms with Gasteiger partial charge in [0, 0.05) is 43.3 Å². The number of anilines is 1. The Balaban J connectivity index is 2.42. The summed E-state index contributed by atoms with van der Waals surface area (Å²) < 4.78 is 5.42. The zero-order chi connectivity index (χ0) is 27.1. The molecule has 0 aromatic carbocycles. The van der Waals surface area contributed by atoms with Crippen LogP contribution in [0.3, 0.4) is 0 Å². The van der Waals surface area contributed by atoms with Gasteiger partial charge < -0.3 is 30.8 Å². The Hall–Kier alpha value is -2.98. The van der Waals surface area contributed by atoms with E-state index in [0.717, 1.165) is 0 Å². The molecule has 0 unspecified atom stereocenters. The van der Waals surface area contributed by atoms with Crippen molar-refractivity contribution in [1.82, 2.24) is 20.2 Å². The summed E-state index contributed by atoms with van der Waals surface area (Å²) in [6.07, 6.45) is 3.09. The van der Waals surface area contributed by atoms with Crippen molar-refractivity contribution in [3.05, 3.63) is 41.7 Å². The lowest BCUT2D eigenvalue weighted by Crippen LogP contribution is -2.55. The number of rotatable bonds is 12. The average molecular weight is 503 g/mol. The number of nitrogens with two attached hydrogens (primary N) is 1. The Morgan fingerprint density at radius 2 is 1.92 bits per heavy atom. The van der Waals surface area contributed by atoms with Crippen LogP contribution in [0.4, 0.5) is 5.82 Å². The first-order chi connectivity index (χ1) is 16.8. The standard InChI is InChI=1S/C26H42N6O4/c1-17(2)14-32(20(11-27)22(34)30-15-26(6,7)16-33)23(35)19-13-29-24(25(3,4)5)31-21(19)28-12-18-9-8-10-36-18/h8-10,13,17,20,33H,11-12,14-16,27H2,1-7H3,(H,30,34)(H,28,29,31)/t20-/m0/s1. The molecule has 2 aromatic heterocycles. The van der Waals surface area contributed by atoms with Crippen molar-refractivity contribution < 1.29 is 19.1 Å². The third-order valence-electron chi connectivity index (χ3n) is 5.59. The van der Waals surface area contributed by atoms with E-state index in [1.54, 1.807) is 12.3 Å². The van der Waals surface area contributed by atoms with Crippen molar-refractivity contribution in [3.8, 4) is 0 Å². The monoisotopic (exact) mass is 502 g/mol. The van der Waals surface area contributed by atoms with Crippen LogP contribution in [-0.2, 0) is 16.8 Å². The number of nitrogens with one attached hydrogen (secondary N) is 2. The molecule has 10 heteroatoms. The Kier molecular flexibility index (Phi) is 10.0. The summed E-state index contributed by atoms with van der Waals surface area (Å²) >= 11 is 0. The molecule has 0 spiro atoms. The van der Waals surface area contributed by atoms with Crippen molar-refractivity contribution in [3.63, 3.8) is 0 Å². The van der Waals surface area contributed by atoms with Gasteiger partial charge in [0.15, 0.2) is 0 Å². The fourth-order valence-electron chi connectivity index (χ4n) is 3.39. The molecule has 0 saturated heterocycles. The molecule has 0 aliphatic rings. The van der Waals surface area contributed by atoms with Gasteiger partial charge in [-0.25, -0.2) is 9.97 Å². The van der Waals surface area contributed by atoms with Crippen LogP contribution in [0.15, 0.2) is 29.0 Å². The van der Waals surface area contributed by atoms with Crippen LogP contribution < -0.4 is 16.4 Å². The summed E-state index contributed by atoms with van der Waals surface area (Å²) in [6.45, 7) is 14.4. The molecule has 0 bridgehead atoms. The van der Waals surface area contributed by atoms with Gasteiger partial charge in [-0.05, 0) is 18.1 Å². The maximum atomic E-state index is 13.9. The molecular weight excluding hydrogens is 460 g/mol. The molecule has 0 radical (unpaired) electrons. The SMILES string of the molecule is CC(C)CN(C(=O)c1cnc(C(C)(C)C)nc1NCc1ccco1)[C@@H](CN)C(=O)NCC(C)(C)CO. The number of hydrogen-bond donors (Lipinski definition) is 4. The van der Waals surface area contributed by atoms with E-state index < -0.39 is 17.4 Å². The van der Waals surface area contributed by atoms with Gasteiger partial charge >= 0.3 is 0 Å². The Bertz CT molecular complexity index is 998. The minimum atomic E-state index is -0.894. The van der Waals surface area contributed by atoms with Gasteiger partial charge in [-0.2, -0.15) is 0 Å². The topological polar surface area (TPSA) is 147 Å². The lowest BCUT2D eigenvalue weighted by Gasteiger charge is -2.33. The molecule has 2 aromatic rings. The molecule has 1 atom stereocenters. The molecule has 0 fully saturated rings. The van der Waals surface area contributed by atoms with Crippen molar-refractivity contribution in [2.45, 2.75) is 66.5 Å². The largest absolute Gasteiger partial charge is 0.467 e. The number of aliphatic hydroxyl groups is 1. The van der Waals surface area contributed by atoms with Gasteiger partial charge in [-0.1, -0.05) is 48.5 Å². The maximum Gasteiger partial charge on any atom is 0.259 e. The van der Waals surface area contributed by atoms with E-state index in [2.05, 4.69) is 20.6 Å². The second kappa shape index (κ2) is 12.3. The highest BCUT2D eigenvalue weighted by Crippen LogP contribution is 2.24. The zero-order valence-electron chi connectivity index (χ0n) is 22.6. The summed E-state index contributed by atoms with van der Waals surface area (Å²) in [6, 6.07) is 2.72. The lowest BCUT2D eigenvalue weighted by atomic mass is 9.95. The van der Waals surface area contributed by atoms with Crippen molar-refractivity contribution >= 4 is 17.6 Å². The third kappa shape index (κ3) is 8.03.